The molecular formula is C19H19N3O5. The molecule has 0 spiro atoms. The summed E-state index contributed by atoms with van der Waals surface area (Å²) in [5.74, 6) is -1.49. The number of amides is 2. The van der Waals surface area contributed by atoms with Crippen LogP contribution < -0.4 is 5.32 Å². The van der Waals surface area contributed by atoms with Crippen molar-refractivity contribution in [3.8, 4) is 0 Å². The molecule has 0 radical (unpaired) electrons. The fraction of sp³-hybridized carbons (Fsp3) is 0.263. The first kappa shape index (κ1) is 18.5. The van der Waals surface area contributed by atoms with Crippen molar-refractivity contribution < 1.29 is 24.2 Å². The maximum Gasteiger partial charge on any atom is 0.354 e. The average Bonchev–Trinajstić information content (AvgIpc) is 2.70. The monoisotopic (exact) mass is 369 g/mol. The Labute approximate surface area is 155 Å². The van der Waals surface area contributed by atoms with E-state index < -0.39 is 11.9 Å². The van der Waals surface area contributed by atoms with Gasteiger partial charge in [0.15, 0.2) is 0 Å². The van der Waals surface area contributed by atoms with Crippen LogP contribution in [0.2, 0.25) is 0 Å². The van der Waals surface area contributed by atoms with Gasteiger partial charge in [0.05, 0.1) is 25.2 Å². The lowest BCUT2D eigenvalue weighted by molar-refractivity contribution is -0.134. The lowest BCUT2D eigenvalue weighted by Gasteiger charge is -2.26. The molecule has 0 aliphatic carbocycles. The number of morpholine rings is 1. The van der Waals surface area contributed by atoms with E-state index in [1.165, 1.54) is 18.3 Å². The summed E-state index contributed by atoms with van der Waals surface area (Å²) >= 11 is 0. The van der Waals surface area contributed by atoms with Crippen LogP contribution in [0.4, 0.5) is 5.69 Å². The molecule has 1 fully saturated rings. The maximum atomic E-state index is 12.2. The molecule has 1 aliphatic heterocycles. The van der Waals surface area contributed by atoms with E-state index in [9.17, 15) is 14.4 Å². The number of nitrogens with one attached hydrogen (secondary N) is 1. The number of pyridine rings is 1. The molecule has 0 saturated carbocycles. The first-order valence-corrected chi connectivity index (χ1v) is 8.48. The van der Waals surface area contributed by atoms with Crippen LogP contribution in [0.5, 0.6) is 0 Å². The molecule has 2 aromatic rings. The van der Waals surface area contributed by atoms with E-state index in [2.05, 4.69) is 10.3 Å². The Morgan fingerprint density at radius 1 is 1.07 bits per heavy atom. The summed E-state index contributed by atoms with van der Waals surface area (Å²) in [7, 11) is 0. The highest BCUT2D eigenvalue weighted by atomic mass is 16.5. The smallest absolute Gasteiger partial charge is 0.354 e. The summed E-state index contributed by atoms with van der Waals surface area (Å²) in [5, 5.41) is 11.5. The van der Waals surface area contributed by atoms with Crippen LogP contribution in [0.1, 0.15) is 26.4 Å². The molecule has 8 nitrogen and oxygen atoms in total. The molecule has 0 unspecified atom stereocenters. The zero-order chi connectivity index (χ0) is 19.2. The van der Waals surface area contributed by atoms with Crippen LogP contribution in [0, 0.1) is 0 Å². The molecule has 2 heterocycles. The third-order valence-electron chi connectivity index (χ3n) is 4.18. The number of nitrogens with zero attached hydrogens (tertiary/aromatic N) is 2. The number of carboxylic acid groups (broad SMARTS) is 1. The number of aromatic nitrogens is 1. The zero-order valence-corrected chi connectivity index (χ0v) is 14.6. The quantitative estimate of drug-likeness (QED) is 0.825. The Kier molecular flexibility index (Phi) is 5.77. The van der Waals surface area contributed by atoms with Gasteiger partial charge in [-0.15, -0.1) is 0 Å². The Hall–Kier alpha value is -3.26. The fourth-order valence-electron chi connectivity index (χ4n) is 2.66. The van der Waals surface area contributed by atoms with E-state index in [1.807, 2.05) is 0 Å². The minimum absolute atomic E-state index is 0.0553. The molecule has 1 aromatic carbocycles. The molecule has 1 saturated heterocycles. The summed E-state index contributed by atoms with van der Waals surface area (Å²) in [5.41, 5.74) is 1.56. The van der Waals surface area contributed by atoms with Crippen molar-refractivity contribution in [1.82, 2.24) is 9.88 Å². The molecule has 1 aliphatic rings. The lowest BCUT2D eigenvalue weighted by atomic mass is 10.1. The SMILES string of the molecule is O=C(Nc1ccc(CC(=O)N2CCOCC2)cc1)c1ccc(C(=O)O)nc1. The number of rotatable bonds is 5. The van der Waals surface area contributed by atoms with Crippen molar-refractivity contribution in [3.63, 3.8) is 0 Å². The van der Waals surface area contributed by atoms with Crippen molar-refractivity contribution in [2.75, 3.05) is 31.6 Å². The predicted octanol–water partition coefficient (Wildman–Crippen LogP) is 1.43. The molecule has 0 atom stereocenters. The second-order valence-electron chi connectivity index (χ2n) is 6.06. The van der Waals surface area contributed by atoms with Crippen LogP contribution in [0.3, 0.4) is 0 Å². The second kappa shape index (κ2) is 8.41. The summed E-state index contributed by atoms with van der Waals surface area (Å²) in [6, 6.07) is 9.70. The van der Waals surface area contributed by atoms with E-state index in [-0.39, 0.29) is 17.2 Å². The maximum absolute atomic E-state index is 12.2. The first-order valence-electron chi connectivity index (χ1n) is 8.48. The molecule has 2 amide bonds. The third kappa shape index (κ3) is 4.89. The molecule has 3 rings (SSSR count). The van der Waals surface area contributed by atoms with Gasteiger partial charge in [0, 0.05) is 25.0 Å². The number of carbonyl (C=O) groups excluding carboxylic acids is 2. The van der Waals surface area contributed by atoms with Gasteiger partial charge in [-0.25, -0.2) is 9.78 Å². The molecule has 0 bridgehead atoms. The number of carbonyl (C=O) groups is 3. The van der Waals surface area contributed by atoms with E-state index in [4.69, 9.17) is 9.84 Å². The van der Waals surface area contributed by atoms with Gasteiger partial charge in [0.2, 0.25) is 5.91 Å². The Balaban J connectivity index is 1.57. The van der Waals surface area contributed by atoms with Gasteiger partial charge < -0.3 is 20.1 Å². The third-order valence-corrected chi connectivity index (χ3v) is 4.18. The van der Waals surface area contributed by atoms with Crippen LogP contribution in [-0.4, -0.2) is 59.1 Å². The topological polar surface area (TPSA) is 109 Å². The molecule has 2 N–H and O–H groups in total. The highest BCUT2D eigenvalue weighted by Crippen LogP contribution is 2.13. The minimum Gasteiger partial charge on any atom is -0.477 e. The van der Waals surface area contributed by atoms with Gasteiger partial charge in [-0.05, 0) is 29.8 Å². The summed E-state index contributed by atoms with van der Waals surface area (Å²) in [4.78, 5) is 40.7. The normalized spacial score (nSPS) is 13.9. The highest BCUT2D eigenvalue weighted by molar-refractivity contribution is 6.04. The average molecular weight is 369 g/mol. The van der Waals surface area contributed by atoms with Gasteiger partial charge in [0.25, 0.3) is 5.91 Å². The molecular weight excluding hydrogens is 350 g/mol. The predicted molar refractivity (Wildman–Crippen MR) is 96.7 cm³/mol. The summed E-state index contributed by atoms with van der Waals surface area (Å²) in [6.45, 7) is 2.36. The van der Waals surface area contributed by atoms with Crippen molar-refractivity contribution in [3.05, 3.63) is 59.4 Å². The number of hydrogen-bond acceptors (Lipinski definition) is 5. The van der Waals surface area contributed by atoms with Gasteiger partial charge in [-0.1, -0.05) is 12.1 Å². The zero-order valence-electron chi connectivity index (χ0n) is 14.6. The molecule has 8 heteroatoms. The number of hydrogen-bond donors (Lipinski definition) is 2. The minimum atomic E-state index is -1.15. The molecule has 27 heavy (non-hydrogen) atoms. The van der Waals surface area contributed by atoms with Crippen LogP contribution in [0.25, 0.3) is 0 Å². The largest absolute Gasteiger partial charge is 0.477 e. The van der Waals surface area contributed by atoms with Crippen molar-refractivity contribution in [2.24, 2.45) is 0 Å². The highest BCUT2D eigenvalue weighted by Gasteiger charge is 2.17. The van der Waals surface area contributed by atoms with Gasteiger partial charge in [-0.3, -0.25) is 9.59 Å². The number of aromatic carboxylic acids is 1. The van der Waals surface area contributed by atoms with E-state index in [1.54, 1.807) is 29.2 Å². The fourth-order valence-corrected chi connectivity index (χ4v) is 2.66. The molecule has 140 valence electrons. The lowest BCUT2D eigenvalue weighted by Crippen LogP contribution is -2.41. The van der Waals surface area contributed by atoms with Gasteiger partial charge in [0.1, 0.15) is 5.69 Å². The van der Waals surface area contributed by atoms with Crippen LogP contribution in [0.15, 0.2) is 42.6 Å². The Bertz CT molecular complexity index is 827. The number of anilines is 1. The van der Waals surface area contributed by atoms with Gasteiger partial charge in [-0.2, -0.15) is 0 Å². The number of carboxylic acids is 1. The van der Waals surface area contributed by atoms with E-state index in [0.29, 0.717) is 38.4 Å². The second-order valence-corrected chi connectivity index (χ2v) is 6.06. The van der Waals surface area contributed by atoms with Crippen molar-refractivity contribution in [1.29, 1.82) is 0 Å². The number of ether oxygens (including phenoxy) is 1. The number of benzene rings is 1. The van der Waals surface area contributed by atoms with Crippen LogP contribution >= 0.6 is 0 Å². The van der Waals surface area contributed by atoms with Crippen molar-refractivity contribution >= 4 is 23.5 Å². The van der Waals surface area contributed by atoms with Crippen LogP contribution in [-0.2, 0) is 16.0 Å². The van der Waals surface area contributed by atoms with E-state index >= 15 is 0 Å². The van der Waals surface area contributed by atoms with Crippen molar-refractivity contribution in [2.45, 2.75) is 6.42 Å². The standard InChI is InChI=1S/C19H19N3O5/c23-17(22-7-9-27-10-8-22)11-13-1-4-15(5-2-13)21-18(24)14-3-6-16(19(25)26)20-12-14/h1-6,12H,7-11H2,(H,21,24)(H,25,26). The van der Waals surface area contributed by atoms with E-state index in [0.717, 1.165) is 5.56 Å². The molecule has 1 aromatic heterocycles. The summed E-state index contributed by atoms with van der Waals surface area (Å²) in [6.07, 6.45) is 1.52. The first-order chi connectivity index (χ1) is 13.0. The summed E-state index contributed by atoms with van der Waals surface area (Å²) < 4.78 is 5.24. The Morgan fingerprint density at radius 3 is 2.37 bits per heavy atom. The van der Waals surface area contributed by atoms with Gasteiger partial charge >= 0.3 is 5.97 Å². The Morgan fingerprint density at radius 2 is 1.78 bits per heavy atom.